The van der Waals surface area contributed by atoms with Gasteiger partial charge in [-0.3, -0.25) is 23.4 Å². The van der Waals surface area contributed by atoms with Crippen molar-refractivity contribution < 1.29 is 52.6 Å². The number of carboxylic acids is 1. The molecule has 15 heteroatoms. The van der Waals surface area contributed by atoms with E-state index in [-0.39, 0.29) is 44.6 Å². The molecule has 1 unspecified atom stereocenters. The number of aliphatic carboxylic acids is 1. The van der Waals surface area contributed by atoms with Crippen LogP contribution in [0.25, 0.3) is 0 Å². The summed E-state index contributed by atoms with van der Waals surface area (Å²) in [5.74, 6) is -2.26. The van der Waals surface area contributed by atoms with Gasteiger partial charge in [0.25, 0.3) is 0 Å². The molecule has 0 aromatic rings. The van der Waals surface area contributed by atoms with Crippen LogP contribution in [-0.2, 0) is 37.5 Å². The molecule has 0 spiro atoms. The third kappa shape index (κ3) is 42.8. The molecule has 0 rings (SSSR count). The number of ether oxygens (including phenoxy) is 2. The second kappa shape index (κ2) is 45.5. The van der Waals surface area contributed by atoms with Gasteiger partial charge in [0.1, 0.15) is 12.6 Å². The largest absolute Gasteiger partial charge is 0.481 e. The first-order valence-corrected chi connectivity index (χ1v) is 27.6. The van der Waals surface area contributed by atoms with Gasteiger partial charge < -0.3 is 36.0 Å². The van der Waals surface area contributed by atoms with Crippen molar-refractivity contribution in [3.05, 3.63) is 48.6 Å². The Kier molecular flexibility index (Phi) is 43.9. The number of rotatable bonds is 47. The van der Waals surface area contributed by atoms with Crippen molar-refractivity contribution >= 4 is 37.5 Å². The Morgan fingerprint density at radius 2 is 1.23 bits per heavy atom. The summed E-state index contributed by atoms with van der Waals surface area (Å²) in [6, 6.07) is -1.13. The fourth-order valence-corrected chi connectivity index (χ4v) is 8.73. The number of carbonyl (C=O) groups is 3. The highest BCUT2D eigenvalue weighted by atomic mass is 32.2. The summed E-state index contributed by atoms with van der Waals surface area (Å²) in [6.45, 7) is 3.15. The van der Waals surface area contributed by atoms with Crippen molar-refractivity contribution in [1.82, 2.24) is 0 Å². The minimum absolute atomic E-state index is 0.0132. The molecule has 0 aliphatic rings. The van der Waals surface area contributed by atoms with Crippen molar-refractivity contribution in [2.24, 2.45) is 11.5 Å². The Labute approximate surface area is 398 Å². The molecule has 7 N–H and O–H groups in total. The summed E-state index contributed by atoms with van der Waals surface area (Å²) >= 11 is 1.22. The quantitative estimate of drug-likeness (QED) is 0.0126. The molecule has 5 atom stereocenters. The minimum atomic E-state index is -4.51. The summed E-state index contributed by atoms with van der Waals surface area (Å²) < 4.78 is 33.0. The Morgan fingerprint density at radius 3 is 1.80 bits per heavy atom. The summed E-state index contributed by atoms with van der Waals surface area (Å²) in [6.07, 6.45) is 43.2. The van der Waals surface area contributed by atoms with Crippen LogP contribution >= 0.6 is 19.6 Å². The number of unbranched alkanes of at least 4 members (excludes halogenated alkanes) is 21. The van der Waals surface area contributed by atoms with Crippen LogP contribution in [0, 0.1) is 0 Å². The topological polar surface area (TPSA) is 218 Å². The fraction of sp³-hybridized carbons (Fsp3) is 0.780. The maximum absolute atomic E-state index is 13.0. The third-order valence-corrected chi connectivity index (χ3v) is 13.1. The normalized spacial score (nSPS) is 14.9. The van der Waals surface area contributed by atoms with E-state index in [1.165, 1.54) is 127 Å². The molecule has 0 aromatic heterocycles. The lowest BCUT2D eigenvalue weighted by molar-refractivity contribution is -0.161. The first-order chi connectivity index (χ1) is 31.4. The molecule has 0 aliphatic carbocycles. The highest BCUT2D eigenvalue weighted by Crippen LogP contribution is 2.43. The van der Waals surface area contributed by atoms with Crippen LogP contribution in [0.4, 0.5) is 0 Å². The highest BCUT2D eigenvalue weighted by Gasteiger charge is 2.27. The number of aliphatic hydroxyl groups excluding tert-OH is 1. The zero-order valence-corrected chi connectivity index (χ0v) is 42.1. The highest BCUT2D eigenvalue weighted by molar-refractivity contribution is 8.00. The lowest BCUT2D eigenvalue weighted by atomic mass is 10.0. The number of esters is 2. The number of carboxylic acid groups (broad SMARTS) is 1. The van der Waals surface area contributed by atoms with E-state index in [1.54, 1.807) is 12.2 Å². The number of allylic oxidation sites excluding steroid dienone is 7. The van der Waals surface area contributed by atoms with Gasteiger partial charge in [0.05, 0.1) is 19.3 Å². The molecule has 0 bridgehead atoms. The van der Waals surface area contributed by atoms with Crippen LogP contribution in [0.1, 0.15) is 194 Å². The lowest BCUT2D eigenvalue weighted by Crippen LogP contribution is -2.38. The summed E-state index contributed by atoms with van der Waals surface area (Å²) in [5, 5.41) is 19.5. The van der Waals surface area contributed by atoms with Gasteiger partial charge in [-0.2, -0.15) is 0 Å². The number of phosphoric acid groups is 1. The van der Waals surface area contributed by atoms with Gasteiger partial charge in [-0.1, -0.05) is 191 Å². The monoisotopic (exact) mass is 959 g/mol. The van der Waals surface area contributed by atoms with E-state index in [2.05, 4.69) is 26.0 Å². The van der Waals surface area contributed by atoms with Crippen LogP contribution in [-0.4, -0.2) is 88.6 Å². The molecule has 0 fully saturated rings. The molecule has 0 radical (unpaired) electrons. The van der Waals surface area contributed by atoms with Gasteiger partial charge in [0, 0.05) is 30.4 Å². The van der Waals surface area contributed by atoms with Gasteiger partial charge in [0.15, 0.2) is 6.10 Å². The second-order valence-corrected chi connectivity index (χ2v) is 19.6. The Morgan fingerprint density at radius 1 is 0.677 bits per heavy atom. The van der Waals surface area contributed by atoms with Gasteiger partial charge in [-0.05, 0) is 38.5 Å². The van der Waals surface area contributed by atoms with E-state index >= 15 is 0 Å². The molecule has 65 heavy (non-hydrogen) atoms. The van der Waals surface area contributed by atoms with Gasteiger partial charge in [-0.25, -0.2) is 4.57 Å². The number of carbonyl (C=O) groups excluding carboxylic acids is 2. The first-order valence-electron chi connectivity index (χ1n) is 25.1. The van der Waals surface area contributed by atoms with Crippen LogP contribution in [0.2, 0.25) is 0 Å². The predicted octanol–water partition coefficient (Wildman–Crippen LogP) is 11.6. The molecule has 0 amide bonds. The standard InChI is InChI=1S/C50H91N2O11PS/c1-3-5-7-9-11-13-15-17-18-19-20-21-22-23-25-27-29-31-33-38-49(56)63-44(42-62-64(58,59)61-40-39-51)41-60-50(57)45(52)43-65-47(46(53)35-34-37-48(54)55)36-32-30-28-26-24-16-14-12-10-8-6-4-2/h12,14,24,26,28,30,32,36,44-47,53H,3-11,13,15-23,25,27,29,31,33-35,37-43,51-52H2,1-2H3,(H,54,55)(H,58,59)/b14-12-,26-24-,30-28+,36-32+/t44-,45+,46+,47-/m1/s1. The number of phosphoric ester groups is 1. The third-order valence-electron chi connectivity index (χ3n) is 10.7. The van der Waals surface area contributed by atoms with E-state index < -0.39 is 62.4 Å². The lowest BCUT2D eigenvalue weighted by Gasteiger charge is -2.22. The number of aliphatic hydroxyl groups is 1. The van der Waals surface area contributed by atoms with Crippen LogP contribution in [0.5, 0.6) is 0 Å². The molecule has 0 aliphatic heterocycles. The van der Waals surface area contributed by atoms with Crippen molar-refractivity contribution in [2.45, 2.75) is 217 Å². The number of hydrogen-bond acceptors (Lipinski definition) is 12. The van der Waals surface area contributed by atoms with Crippen LogP contribution < -0.4 is 11.5 Å². The number of nitrogens with two attached hydrogens (primary N) is 2. The summed E-state index contributed by atoms with van der Waals surface area (Å²) in [4.78, 5) is 46.8. The zero-order valence-electron chi connectivity index (χ0n) is 40.4. The maximum atomic E-state index is 13.0. The summed E-state index contributed by atoms with van der Waals surface area (Å²) in [7, 11) is -4.51. The molecule has 0 aromatic carbocycles. The van der Waals surface area contributed by atoms with E-state index in [9.17, 15) is 28.9 Å². The van der Waals surface area contributed by atoms with E-state index in [0.717, 1.165) is 32.1 Å². The smallest absolute Gasteiger partial charge is 0.472 e. The van der Waals surface area contributed by atoms with Crippen molar-refractivity contribution in [2.75, 3.05) is 32.1 Å². The maximum Gasteiger partial charge on any atom is 0.472 e. The SMILES string of the molecule is CCCCC/C=C\C\C=C/C=C/C=C/[C@@H](SC[C@H](N)C(=O)OC[C@H](COP(=O)(O)OCCN)OC(=O)CCCCCCCCCCCCCCCCCCCCC)[C@@H](O)CCCC(=O)O. The van der Waals surface area contributed by atoms with Gasteiger partial charge >= 0.3 is 25.7 Å². The van der Waals surface area contributed by atoms with Crippen LogP contribution in [0.15, 0.2) is 48.6 Å². The van der Waals surface area contributed by atoms with Crippen molar-refractivity contribution in [3.63, 3.8) is 0 Å². The average Bonchev–Trinajstić information content (AvgIpc) is 3.28. The zero-order chi connectivity index (χ0) is 48.1. The Balaban J connectivity index is 4.88. The molecule has 0 saturated carbocycles. The molecule has 0 heterocycles. The number of hydrogen-bond donors (Lipinski definition) is 5. The van der Waals surface area contributed by atoms with E-state index in [1.807, 2.05) is 24.3 Å². The van der Waals surface area contributed by atoms with E-state index in [0.29, 0.717) is 6.42 Å². The summed E-state index contributed by atoms with van der Waals surface area (Å²) in [5.41, 5.74) is 11.5. The molecular weight excluding hydrogens is 868 g/mol. The second-order valence-electron chi connectivity index (χ2n) is 16.9. The predicted molar refractivity (Wildman–Crippen MR) is 267 cm³/mol. The van der Waals surface area contributed by atoms with Gasteiger partial charge in [0.2, 0.25) is 0 Å². The number of thioether (sulfide) groups is 1. The molecule has 378 valence electrons. The van der Waals surface area contributed by atoms with Crippen molar-refractivity contribution in [1.29, 1.82) is 0 Å². The average molecular weight is 959 g/mol. The van der Waals surface area contributed by atoms with Gasteiger partial charge in [-0.15, -0.1) is 11.8 Å². The fourth-order valence-electron chi connectivity index (χ4n) is 6.84. The van der Waals surface area contributed by atoms with Crippen molar-refractivity contribution in [3.8, 4) is 0 Å². The Hall–Kier alpha value is -2.29. The Bertz CT molecular complexity index is 1330. The molecule has 13 nitrogen and oxygen atoms in total. The minimum Gasteiger partial charge on any atom is -0.481 e. The first kappa shape index (κ1) is 62.7. The van der Waals surface area contributed by atoms with E-state index in [4.69, 9.17) is 35.1 Å². The van der Waals surface area contributed by atoms with Crippen LogP contribution in [0.3, 0.4) is 0 Å². The molecular formula is C50H91N2O11PS. The molecule has 0 saturated heterocycles.